The van der Waals surface area contributed by atoms with Gasteiger partial charge in [-0.05, 0) is 38.0 Å². The van der Waals surface area contributed by atoms with Gasteiger partial charge in [0.05, 0.1) is 0 Å². The maximum atomic E-state index is 12.9. The van der Waals surface area contributed by atoms with Crippen molar-refractivity contribution in [1.82, 2.24) is 19.7 Å². The molecule has 1 aliphatic rings. The van der Waals surface area contributed by atoms with E-state index in [1.54, 1.807) is 10.9 Å². The number of hydrogen-bond acceptors (Lipinski definition) is 4. The van der Waals surface area contributed by atoms with Gasteiger partial charge >= 0.3 is 0 Å². The van der Waals surface area contributed by atoms with Crippen LogP contribution < -0.4 is 4.90 Å². The van der Waals surface area contributed by atoms with E-state index >= 15 is 0 Å². The molecule has 1 aliphatic heterocycles. The first-order valence-corrected chi connectivity index (χ1v) is 8.64. The van der Waals surface area contributed by atoms with Gasteiger partial charge in [-0.1, -0.05) is 6.92 Å². The molecular formula is C18H25N5O. The Morgan fingerprint density at radius 3 is 2.83 bits per heavy atom. The van der Waals surface area contributed by atoms with Crippen LogP contribution in [0.5, 0.6) is 0 Å². The number of carbonyl (C=O) groups is 1. The van der Waals surface area contributed by atoms with Gasteiger partial charge in [-0.2, -0.15) is 5.10 Å². The predicted molar refractivity (Wildman–Crippen MR) is 93.9 cm³/mol. The van der Waals surface area contributed by atoms with E-state index in [0.29, 0.717) is 0 Å². The third-order valence-electron chi connectivity index (χ3n) is 4.57. The van der Waals surface area contributed by atoms with Crippen molar-refractivity contribution in [2.75, 3.05) is 31.1 Å². The smallest absolute Gasteiger partial charge is 0.247 e. The molecule has 3 heterocycles. The van der Waals surface area contributed by atoms with E-state index in [9.17, 15) is 4.79 Å². The lowest BCUT2D eigenvalue weighted by molar-refractivity contribution is -0.135. The highest BCUT2D eigenvalue weighted by Crippen LogP contribution is 2.19. The van der Waals surface area contributed by atoms with E-state index in [4.69, 9.17) is 0 Å². The molecule has 24 heavy (non-hydrogen) atoms. The third-order valence-corrected chi connectivity index (χ3v) is 4.57. The summed E-state index contributed by atoms with van der Waals surface area (Å²) in [5.74, 6) is 0.175. The molecule has 1 fully saturated rings. The zero-order valence-electron chi connectivity index (χ0n) is 14.4. The van der Waals surface area contributed by atoms with Crippen molar-refractivity contribution in [1.29, 1.82) is 0 Å². The average Bonchev–Trinajstić information content (AvgIpc) is 2.99. The first kappa shape index (κ1) is 16.5. The first-order valence-electron chi connectivity index (χ1n) is 8.64. The third kappa shape index (κ3) is 3.58. The number of nitrogens with zero attached hydrogens (tertiary/aromatic N) is 5. The molecule has 2 aromatic rings. The quantitative estimate of drug-likeness (QED) is 0.864. The highest BCUT2D eigenvalue weighted by Gasteiger charge is 2.26. The van der Waals surface area contributed by atoms with Gasteiger partial charge in [-0.3, -0.25) is 14.5 Å². The number of anilines is 1. The molecule has 0 bridgehead atoms. The molecule has 1 atom stereocenters. The van der Waals surface area contributed by atoms with Crippen molar-refractivity contribution < 1.29 is 4.79 Å². The van der Waals surface area contributed by atoms with Gasteiger partial charge < -0.3 is 9.80 Å². The number of aryl methyl sites for hydroxylation is 1. The molecule has 1 saturated heterocycles. The van der Waals surface area contributed by atoms with E-state index in [1.165, 1.54) is 5.69 Å². The number of aromatic nitrogens is 3. The van der Waals surface area contributed by atoms with Gasteiger partial charge in [0, 0.05) is 56.2 Å². The van der Waals surface area contributed by atoms with Crippen LogP contribution in [0.2, 0.25) is 0 Å². The van der Waals surface area contributed by atoms with Gasteiger partial charge in [0.25, 0.3) is 0 Å². The Bertz CT molecular complexity index is 670. The summed E-state index contributed by atoms with van der Waals surface area (Å²) in [6.07, 6.45) is 7.18. The number of hydrogen-bond donors (Lipinski definition) is 0. The Hall–Kier alpha value is -2.37. The number of rotatable bonds is 4. The Morgan fingerprint density at radius 1 is 1.25 bits per heavy atom. The SMILES string of the molecule is CC[C@H](C(=O)N1CCCN(c2ccnc(C)c2)CC1)n1cccn1. The van der Waals surface area contributed by atoms with Gasteiger partial charge in [0.1, 0.15) is 6.04 Å². The molecule has 2 aromatic heterocycles. The fourth-order valence-electron chi connectivity index (χ4n) is 3.27. The maximum Gasteiger partial charge on any atom is 0.247 e. The maximum absolute atomic E-state index is 12.9. The Labute approximate surface area is 143 Å². The van der Waals surface area contributed by atoms with Crippen LogP contribution in [0.4, 0.5) is 5.69 Å². The summed E-state index contributed by atoms with van der Waals surface area (Å²) in [5, 5.41) is 4.25. The van der Waals surface area contributed by atoms with E-state index < -0.39 is 0 Å². The standard InChI is InChI=1S/C18H25N5O/c1-3-17(23-11-4-7-20-23)18(24)22-10-5-9-21(12-13-22)16-6-8-19-15(2)14-16/h4,6-8,11,14,17H,3,5,9-10,12-13H2,1-2H3/t17-/m1/s1. The van der Waals surface area contributed by atoms with Crippen molar-refractivity contribution in [2.24, 2.45) is 0 Å². The van der Waals surface area contributed by atoms with Gasteiger partial charge in [-0.15, -0.1) is 0 Å². The average molecular weight is 327 g/mol. The second kappa shape index (κ2) is 7.47. The highest BCUT2D eigenvalue weighted by molar-refractivity contribution is 5.80. The number of carbonyl (C=O) groups excluding carboxylic acids is 1. The first-order chi connectivity index (χ1) is 11.7. The lowest BCUT2D eigenvalue weighted by atomic mass is 10.2. The summed E-state index contributed by atoms with van der Waals surface area (Å²) in [5.41, 5.74) is 2.21. The number of pyridine rings is 1. The molecule has 128 valence electrons. The zero-order chi connectivity index (χ0) is 16.9. The van der Waals surface area contributed by atoms with Crippen LogP contribution >= 0.6 is 0 Å². The second-order valence-corrected chi connectivity index (χ2v) is 6.23. The van der Waals surface area contributed by atoms with Crippen LogP contribution in [-0.4, -0.2) is 51.8 Å². The largest absolute Gasteiger partial charge is 0.370 e. The van der Waals surface area contributed by atoms with Crippen LogP contribution in [0.15, 0.2) is 36.8 Å². The van der Waals surface area contributed by atoms with Crippen LogP contribution in [0.25, 0.3) is 0 Å². The molecule has 0 spiro atoms. The molecule has 0 unspecified atom stereocenters. The van der Waals surface area contributed by atoms with Crippen molar-refractivity contribution in [3.05, 3.63) is 42.5 Å². The van der Waals surface area contributed by atoms with Gasteiger partial charge in [0.15, 0.2) is 0 Å². The molecule has 0 radical (unpaired) electrons. The summed E-state index contributed by atoms with van der Waals surface area (Å²) in [6.45, 7) is 7.41. The highest BCUT2D eigenvalue weighted by atomic mass is 16.2. The Kier molecular flexibility index (Phi) is 5.13. The second-order valence-electron chi connectivity index (χ2n) is 6.23. The van der Waals surface area contributed by atoms with Crippen molar-refractivity contribution in [3.8, 4) is 0 Å². The van der Waals surface area contributed by atoms with E-state index in [2.05, 4.69) is 21.0 Å². The topological polar surface area (TPSA) is 54.3 Å². The molecule has 0 N–H and O–H groups in total. The lowest BCUT2D eigenvalue weighted by Gasteiger charge is -2.26. The molecule has 0 saturated carbocycles. The van der Waals surface area contributed by atoms with Crippen LogP contribution in [-0.2, 0) is 4.79 Å². The van der Waals surface area contributed by atoms with Crippen molar-refractivity contribution in [3.63, 3.8) is 0 Å². The summed E-state index contributed by atoms with van der Waals surface area (Å²) < 4.78 is 1.78. The monoisotopic (exact) mass is 327 g/mol. The van der Waals surface area contributed by atoms with Crippen molar-refractivity contribution in [2.45, 2.75) is 32.7 Å². The molecular weight excluding hydrogens is 302 g/mol. The molecule has 1 amide bonds. The molecule has 0 aromatic carbocycles. The summed E-state index contributed by atoms with van der Waals surface area (Å²) >= 11 is 0. The van der Waals surface area contributed by atoms with E-state index in [0.717, 1.165) is 44.7 Å². The summed E-state index contributed by atoms with van der Waals surface area (Å²) in [6, 6.07) is 5.82. The normalized spacial score (nSPS) is 16.8. The zero-order valence-corrected chi connectivity index (χ0v) is 14.4. The van der Waals surface area contributed by atoms with Crippen LogP contribution in [0.1, 0.15) is 31.5 Å². The fourth-order valence-corrected chi connectivity index (χ4v) is 3.27. The van der Waals surface area contributed by atoms with Crippen LogP contribution in [0.3, 0.4) is 0 Å². The van der Waals surface area contributed by atoms with E-state index in [-0.39, 0.29) is 11.9 Å². The number of amides is 1. The fraction of sp³-hybridized carbons (Fsp3) is 0.500. The Balaban J connectivity index is 1.67. The van der Waals surface area contributed by atoms with Crippen molar-refractivity contribution >= 4 is 11.6 Å². The molecule has 3 rings (SSSR count). The van der Waals surface area contributed by atoms with Crippen LogP contribution in [0, 0.1) is 6.92 Å². The Morgan fingerprint density at radius 2 is 2.12 bits per heavy atom. The summed E-state index contributed by atoms with van der Waals surface area (Å²) in [4.78, 5) is 21.5. The lowest BCUT2D eigenvalue weighted by Crippen LogP contribution is -2.40. The predicted octanol–water partition coefficient (Wildman–Crippen LogP) is 2.28. The van der Waals surface area contributed by atoms with Gasteiger partial charge in [-0.25, -0.2) is 0 Å². The molecule has 0 aliphatic carbocycles. The minimum Gasteiger partial charge on any atom is -0.370 e. The van der Waals surface area contributed by atoms with Gasteiger partial charge in [0.2, 0.25) is 5.91 Å². The minimum absolute atomic E-state index is 0.175. The molecule has 6 nitrogen and oxygen atoms in total. The molecule has 6 heteroatoms. The summed E-state index contributed by atoms with van der Waals surface area (Å²) in [7, 11) is 0. The van der Waals surface area contributed by atoms with E-state index in [1.807, 2.05) is 43.3 Å². The minimum atomic E-state index is -0.199.